The Morgan fingerprint density at radius 1 is 0.893 bits per heavy atom. The van der Waals surface area contributed by atoms with E-state index in [4.69, 9.17) is 9.84 Å². The minimum atomic E-state index is -0.832. The van der Waals surface area contributed by atoms with Crippen molar-refractivity contribution >= 4 is 11.9 Å². The van der Waals surface area contributed by atoms with Gasteiger partial charge < -0.3 is 20.1 Å². The topological polar surface area (TPSA) is 78.9 Å². The second-order valence-electron chi connectivity index (χ2n) is 6.84. The Bertz CT molecular complexity index is 816. The van der Waals surface area contributed by atoms with Crippen LogP contribution in [-0.4, -0.2) is 48.1 Å². The molecule has 1 aliphatic heterocycles. The van der Waals surface area contributed by atoms with Gasteiger partial charge in [0.05, 0.1) is 0 Å². The lowest BCUT2D eigenvalue weighted by atomic mass is 10.1. The molecule has 1 fully saturated rings. The van der Waals surface area contributed by atoms with Gasteiger partial charge in [-0.05, 0) is 36.1 Å². The van der Waals surface area contributed by atoms with Crippen molar-refractivity contribution in [3.05, 3.63) is 59.7 Å². The number of nitrogens with zero attached hydrogens (tertiary/aromatic N) is 1. The van der Waals surface area contributed by atoms with Gasteiger partial charge in [-0.15, -0.1) is 0 Å². The third kappa shape index (κ3) is 5.57. The van der Waals surface area contributed by atoms with Gasteiger partial charge >= 0.3 is 5.97 Å². The normalized spacial score (nSPS) is 13.9. The van der Waals surface area contributed by atoms with Crippen LogP contribution in [0, 0.1) is 0 Å². The van der Waals surface area contributed by atoms with Gasteiger partial charge in [-0.1, -0.05) is 36.4 Å². The first-order valence-corrected chi connectivity index (χ1v) is 9.67. The molecule has 1 heterocycles. The van der Waals surface area contributed by atoms with E-state index in [0.29, 0.717) is 30.8 Å². The number of para-hydroxylation sites is 2. The number of aryl methyl sites for hydroxylation is 2. The highest BCUT2D eigenvalue weighted by Crippen LogP contribution is 2.29. The largest absolute Gasteiger partial charge is 0.481 e. The van der Waals surface area contributed by atoms with Crippen molar-refractivity contribution in [3.8, 4) is 11.5 Å². The number of carbonyl (C=O) groups excluding carboxylic acids is 1. The highest BCUT2D eigenvalue weighted by atomic mass is 16.5. The Hall–Kier alpha value is -2.86. The van der Waals surface area contributed by atoms with E-state index in [0.717, 1.165) is 37.3 Å². The molecule has 0 atom stereocenters. The average molecular weight is 382 g/mol. The van der Waals surface area contributed by atoms with Crippen molar-refractivity contribution in [3.63, 3.8) is 0 Å². The summed E-state index contributed by atoms with van der Waals surface area (Å²) < 4.78 is 6.12. The zero-order valence-corrected chi connectivity index (χ0v) is 15.9. The number of aliphatic carboxylic acids is 1. The number of hydrogen-bond donors (Lipinski definition) is 2. The Kier molecular flexibility index (Phi) is 7.03. The molecule has 28 heavy (non-hydrogen) atoms. The molecular weight excluding hydrogens is 356 g/mol. The lowest BCUT2D eigenvalue weighted by molar-refractivity contribution is -0.137. The molecule has 2 aromatic carbocycles. The van der Waals surface area contributed by atoms with Crippen LogP contribution in [0.4, 0.5) is 0 Å². The number of benzene rings is 2. The Morgan fingerprint density at radius 3 is 2.00 bits per heavy atom. The zero-order valence-electron chi connectivity index (χ0n) is 15.9. The SMILES string of the molecule is O=C(O)CCc1ccccc1Oc1ccccc1CCC(=O)N1CCNCC1. The third-order valence-electron chi connectivity index (χ3n) is 4.85. The summed E-state index contributed by atoms with van der Waals surface area (Å²) in [6, 6.07) is 15.2. The highest BCUT2D eigenvalue weighted by Gasteiger charge is 2.17. The molecule has 6 heteroatoms. The fourth-order valence-corrected chi connectivity index (χ4v) is 3.29. The van der Waals surface area contributed by atoms with Crippen LogP contribution in [0.15, 0.2) is 48.5 Å². The van der Waals surface area contributed by atoms with Gasteiger partial charge in [-0.2, -0.15) is 0 Å². The van der Waals surface area contributed by atoms with Gasteiger partial charge in [0.15, 0.2) is 0 Å². The summed E-state index contributed by atoms with van der Waals surface area (Å²) in [4.78, 5) is 25.2. The van der Waals surface area contributed by atoms with E-state index in [1.54, 1.807) is 0 Å². The summed E-state index contributed by atoms with van der Waals surface area (Å²) in [6.07, 6.45) is 1.52. The summed E-state index contributed by atoms with van der Waals surface area (Å²) in [5, 5.41) is 12.2. The molecule has 2 N–H and O–H groups in total. The number of ether oxygens (including phenoxy) is 1. The lowest BCUT2D eigenvalue weighted by Crippen LogP contribution is -2.46. The molecule has 0 aromatic heterocycles. The molecule has 0 radical (unpaired) electrons. The molecule has 148 valence electrons. The summed E-state index contributed by atoms with van der Waals surface area (Å²) in [7, 11) is 0. The van der Waals surface area contributed by atoms with Gasteiger partial charge in [0.1, 0.15) is 11.5 Å². The maximum Gasteiger partial charge on any atom is 0.303 e. The van der Waals surface area contributed by atoms with E-state index in [9.17, 15) is 9.59 Å². The van der Waals surface area contributed by atoms with Crippen LogP contribution in [0.3, 0.4) is 0 Å². The van der Waals surface area contributed by atoms with Crippen LogP contribution in [0.5, 0.6) is 11.5 Å². The predicted molar refractivity (Wildman–Crippen MR) is 107 cm³/mol. The minimum absolute atomic E-state index is 0.0568. The Morgan fingerprint density at radius 2 is 1.43 bits per heavy atom. The number of amides is 1. The molecule has 0 spiro atoms. The molecule has 1 aliphatic rings. The number of rotatable bonds is 8. The number of nitrogens with one attached hydrogen (secondary N) is 1. The fraction of sp³-hybridized carbons (Fsp3) is 0.364. The maximum atomic E-state index is 12.4. The van der Waals surface area contributed by atoms with Crippen molar-refractivity contribution < 1.29 is 19.4 Å². The fourth-order valence-electron chi connectivity index (χ4n) is 3.29. The van der Waals surface area contributed by atoms with Crippen molar-refractivity contribution in [1.29, 1.82) is 0 Å². The van der Waals surface area contributed by atoms with E-state index < -0.39 is 5.97 Å². The highest BCUT2D eigenvalue weighted by molar-refractivity contribution is 5.76. The summed E-state index contributed by atoms with van der Waals surface area (Å²) in [5.74, 6) is 0.697. The number of carboxylic acid groups (broad SMARTS) is 1. The first-order chi connectivity index (χ1) is 13.6. The Labute approximate surface area is 165 Å². The number of hydrogen-bond acceptors (Lipinski definition) is 4. The van der Waals surface area contributed by atoms with Crippen LogP contribution in [0.2, 0.25) is 0 Å². The number of carboxylic acids is 1. The first kappa shape index (κ1) is 19.9. The third-order valence-corrected chi connectivity index (χ3v) is 4.85. The van der Waals surface area contributed by atoms with E-state index in [1.807, 2.05) is 53.4 Å². The van der Waals surface area contributed by atoms with Crippen molar-refractivity contribution in [2.45, 2.75) is 25.7 Å². The van der Waals surface area contributed by atoms with Gasteiger partial charge in [-0.25, -0.2) is 0 Å². The lowest BCUT2D eigenvalue weighted by Gasteiger charge is -2.27. The smallest absolute Gasteiger partial charge is 0.303 e. The molecule has 0 aliphatic carbocycles. The van der Waals surface area contributed by atoms with Crippen molar-refractivity contribution in [2.24, 2.45) is 0 Å². The Balaban J connectivity index is 1.67. The second-order valence-corrected chi connectivity index (χ2v) is 6.84. The molecule has 1 amide bonds. The number of carbonyl (C=O) groups is 2. The standard InChI is InChI=1S/C22H26N2O4/c25-21(24-15-13-23-14-16-24)11-9-17-5-1-3-7-19(17)28-20-8-4-2-6-18(20)10-12-22(26)27/h1-8,23H,9-16H2,(H,26,27). The molecule has 0 unspecified atom stereocenters. The zero-order chi connectivity index (χ0) is 19.8. The molecule has 6 nitrogen and oxygen atoms in total. The predicted octanol–water partition coefficient (Wildman–Crippen LogP) is 2.86. The summed E-state index contributed by atoms with van der Waals surface area (Å²) >= 11 is 0. The van der Waals surface area contributed by atoms with E-state index in [-0.39, 0.29) is 12.3 Å². The molecule has 0 saturated carbocycles. The average Bonchev–Trinajstić information content (AvgIpc) is 2.73. The number of piperazine rings is 1. The molecule has 2 aromatic rings. The summed E-state index contributed by atoms with van der Waals surface area (Å²) in [6.45, 7) is 3.21. The molecular formula is C22H26N2O4. The molecule has 0 bridgehead atoms. The first-order valence-electron chi connectivity index (χ1n) is 9.67. The van der Waals surface area contributed by atoms with Gasteiger partial charge in [0.2, 0.25) is 5.91 Å². The van der Waals surface area contributed by atoms with Crippen LogP contribution in [0.1, 0.15) is 24.0 Å². The van der Waals surface area contributed by atoms with Crippen molar-refractivity contribution in [2.75, 3.05) is 26.2 Å². The van der Waals surface area contributed by atoms with Crippen molar-refractivity contribution in [1.82, 2.24) is 10.2 Å². The minimum Gasteiger partial charge on any atom is -0.481 e. The van der Waals surface area contributed by atoms with Crippen LogP contribution in [-0.2, 0) is 22.4 Å². The maximum absolute atomic E-state index is 12.4. The van der Waals surface area contributed by atoms with Crippen LogP contribution < -0.4 is 10.1 Å². The molecule has 3 rings (SSSR count). The van der Waals surface area contributed by atoms with Crippen LogP contribution in [0.25, 0.3) is 0 Å². The van der Waals surface area contributed by atoms with Gasteiger partial charge in [0, 0.05) is 39.0 Å². The van der Waals surface area contributed by atoms with E-state index in [1.165, 1.54) is 0 Å². The van der Waals surface area contributed by atoms with E-state index >= 15 is 0 Å². The summed E-state index contributed by atoms with van der Waals surface area (Å²) in [5.41, 5.74) is 1.83. The van der Waals surface area contributed by atoms with E-state index in [2.05, 4.69) is 5.32 Å². The van der Waals surface area contributed by atoms with Crippen LogP contribution >= 0.6 is 0 Å². The quantitative estimate of drug-likeness (QED) is 0.734. The monoisotopic (exact) mass is 382 g/mol. The van der Waals surface area contributed by atoms with Gasteiger partial charge in [0.25, 0.3) is 0 Å². The van der Waals surface area contributed by atoms with Gasteiger partial charge in [-0.3, -0.25) is 9.59 Å². The second kappa shape index (κ2) is 9.90. The molecule has 1 saturated heterocycles.